The van der Waals surface area contributed by atoms with Crippen molar-refractivity contribution in [3.8, 4) is 0 Å². The molecule has 25 heavy (non-hydrogen) atoms. The lowest BCUT2D eigenvalue weighted by Gasteiger charge is -2.39. The standard InChI is InChI=1S/C19H26BrFN2O2/c1-13-10-22(11-14(2)25-13)12-15-5-7-23(8-6-15)19(24)17-9-16(21)3-4-18(17)20/h3-4,9,13-15H,5-8,10-12H2,1-2H3. The van der Waals surface area contributed by atoms with E-state index >= 15 is 0 Å². The number of benzene rings is 1. The van der Waals surface area contributed by atoms with Gasteiger partial charge in [0.2, 0.25) is 0 Å². The van der Waals surface area contributed by atoms with E-state index in [9.17, 15) is 9.18 Å². The normalized spacial score (nSPS) is 26.0. The number of carbonyl (C=O) groups excluding carboxylic acids is 1. The molecule has 138 valence electrons. The lowest BCUT2D eigenvalue weighted by Crippen LogP contribution is -2.48. The Morgan fingerprint density at radius 2 is 1.88 bits per heavy atom. The number of hydrogen-bond donors (Lipinski definition) is 0. The summed E-state index contributed by atoms with van der Waals surface area (Å²) in [5, 5.41) is 0. The number of likely N-dealkylation sites (tertiary alicyclic amines) is 1. The van der Waals surface area contributed by atoms with Gasteiger partial charge in [0, 0.05) is 37.2 Å². The molecule has 1 aromatic rings. The molecule has 2 aliphatic heterocycles. The van der Waals surface area contributed by atoms with Crippen LogP contribution in [0.1, 0.15) is 37.0 Å². The molecule has 0 aliphatic carbocycles. The van der Waals surface area contributed by atoms with E-state index in [2.05, 4.69) is 34.7 Å². The van der Waals surface area contributed by atoms with Gasteiger partial charge in [0.25, 0.3) is 5.91 Å². The second kappa shape index (κ2) is 8.14. The zero-order valence-corrected chi connectivity index (χ0v) is 16.5. The summed E-state index contributed by atoms with van der Waals surface area (Å²) in [7, 11) is 0. The quantitative estimate of drug-likeness (QED) is 0.760. The highest BCUT2D eigenvalue weighted by atomic mass is 79.9. The van der Waals surface area contributed by atoms with E-state index in [0.717, 1.165) is 45.6 Å². The molecule has 0 spiro atoms. The number of halogens is 2. The molecular weight excluding hydrogens is 387 g/mol. The van der Waals surface area contributed by atoms with Gasteiger partial charge in [-0.2, -0.15) is 0 Å². The number of rotatable bonds is 3. The maximum absolute atomic E-state index is 13.5. The van der Waals surface area contributed by atoms with Crippen LogP contribution in [0.3, 0.4) is 0 Å². The molecule has 0 N–H and O–H groups in total. The molecule has 2 fully saturated rings. The first kappa shape index (κ1) is 18.8. The maximum Gasteiger partial charge on any atom is 0.255 e. The first-order valence-corrected chi connectivity index (χ1v) is 9.84. The third-order valence-corrected chi connectivity index (χ3v) is 5.76. The second-order valence-corrected chi connectivity index (χ2v) is 8.19. The Balaban J connectivity index is 1.53. The van der Waals surface area contributed by atoms with Gasteiger partial charge in [-0.15, -0.1) is 0 Å². The number of nitrogens with zero attached hydrogens (tertiary/aromatic N) is 2. The number of ether oxygens (including phenoxy) is 1. The lowest BCUT2D eigenvalue weighted by atomic mass is 9.95. The van der Waals surface area contributed by atoms with Crippen LogP contribution in [0.25, 0.3) is 0 Å². The van der Waals surface area contributed by atoms with Crippen molar-refractivity contribution in [3.05, 3.63) is 34.1 Å². The number of morpholine rings is 1. The average Bonchev–Trinajstić information content (AvgIpc) is 2.56. The third-order valence-electron chi connectivity index (χ3n) is 5.07. The summed E-state index contributed by atoms with van der Waals surface area (Å²) in [6, 6.07) is 4.27. The maximum atomic E-state index is 13.5. The highest BCUT2D eigenvalue weighted by molar-refractivity contribution is 9.10. The van der Waals surface area contributed by atoms with E-state index in [1.807, 2.05) is 4.90 Å². The SMILES string of the molecule is CC1CN(CC2CCN(C(=O)c3cc(F)ccc3Br)CC2)CC(C)O1. The van der Waals surface area contributed by atoms with Crippen molar-refractivity contribution in [1.29, 1.82) is 0 Å². The van der Waals surface area contributed by atoms with Gasteiger partial charge in [-0.25, -0.2) is 4.39 Å². The molecule has 2 unspecified atom stereocenters. The van der Waals surface area contributed by atoms with Crippen LogP contribution in [0.5, 0.6) is 0 Å². The predicted molar refractivity (Wildman–Crippen MR) is 99.2 cm³/mol. The van der Waals surface area contributed by atoms with Crippen LogP contribution in [-0.4, -0.2) is 60.6 Å². The Kier molecular flexibility index (Phi) is 6.12. The van der Waals surface area contributed by atoms with Crippen LogP contribution < -0.4 is 0 Å². The Morgan fingerprint density at radius 1 is 1.24 bits per heavy atom. The summed E-state index contributed by atoms with van der Waals surface area (Å²) < 4.78 is 19.9. The van der Waals surface area contributed by atoms with Gasteiger partial charge in [0.15, 0.2) is 0 Å². The van der Waals surface area contributed by atoms with Crippen LogP contribution in [0.2, 0.25) is 0 Å². The summed E-state index contributed by atoms with van der Waals surface area (Å²) in [5.74, 6) is 0.146. The van der Waals surface area contributed by atoms with Crippen molar-refractivity contribution in [2.24, 2.45) is 5.92 Å². The minimum absolute atomic E-state index is 0.0848. The zero-order chi connectivity index (χ0) is 18.0. The van der Waals surface area contributed by atoms with Crippen LogP contribution >= 0.6 is 15.9 Å². The molecule has 0 aromatic heterocycles. The summed E-state index contributed by atoms with van der Waals surface area (Å²) in [6.07, 6.45) is 2.57. The Bertz CT molecular complexity index is 609. The van der Waals surface area contributed by atoms with Crippen molar-refractivity contribution in [2.45, 2.75) is 38.9 Å². The topological polar surface area (TPSA) is 32.8 Å². The number of piperidine rings is 1. The molecule has 1 amide bonds. The Morgan fingerprint density at radius 3 is 2.52 bits per heavy atom. The number of amides is 1. The Hall–Kier alpha value is -0.980. The average molecular weight is 413 g/mol. The Labute approximate surface area is 157 Å². The van der Waals surface area contributed by atoms with Crippen molar-refractivity contribution in [2.75, 3.05) is 32.7 Å². The van der Waals surface area contributed by atoms with E-state index in [-0.39, 0.29) is 23.9 Å². The highest BCUT2D eigenvalue weighted by Crippen LogP contribution is 2.25. The minimum Gasteiger partial charge on any atom is -0.373 e. The molecule has 2 saturated heterocycles. The van der Waals surface area contributed by atoms with E-state index in [4.69, 9.17) is 4.74 Å². The van der Waals surface area contributed by atoms with Crippen molar-refractivity contribution in [1.82, 2.24) is 9.80 Å². The third kappa shape index (κ3) is 4.80. The summed E-state index contributed by atoms with van der Waals surface area (Å²) in [5.41, 5.74) is 0.411. The van der Waals surface area contributed by atoms with Crippen molar-refractivity contribution < 1.29 is 13.9 Å². The van der Waals surface area contributed by atoms with E-state index in [1.165, 1.54) is 12.1 Å². The monoisotopic (exact) mass is 412 g/mol. The summed E-state index contributed by atoms with van der Waals surface area (Å²) in [6.45, 7) is 8.77. The van der Waals surface area contributed by atoms with Crippen LogP contribution in [-0.2, 0) is 4.74 Å². The highest BCUT2D eigenvalue weighted by Gasteiger charge is 2.28. The van der Waals surface area contributed by atoms with Gasteiger partial charge in [-0.1, -0.05) is 0 Å². The molecule has 2 aliphatic rings. The molecular formula is C19H26BrFN2O2. The molecule has 0 radical (unpaired) electrons. The fraction of sp³-hybridized carbons (Fsp3) is 0.632. The predicted octanol–water partition coefficient (Wildman–Crippen LogP) is 3.55. The molecule has 0 saturated carbocycles. The van der Waals surface area contributed by atoms with Gasteiger partial charge in [-0.3, -0.25) is 9.69 Å². The first-order chi connectivity index (χ1) is 11.9. The summed E-state index contributed by atoms with van der Waals surface area (Å²) in [4.78, 5) is 17.0. The molecule has 1 aromatic carbocycles. The van der Waals surface area contributed by atoms with Gasteiger partial charge in [0.05, 0.1) is 17.8 Å². The number of hydrogen-bond acceptors (Lipinski definition) is 3. The van der Waals surface area contributed by atoms with Gasteiger partial charge < -0.3 is 9.64 Å². The van der Waals surface area contributed by atoms with Gasteiger partial charge in [-0.05, 0) is 66.7 Å². The smallest absolute Gasteiger partial charge is 0.255 e. The van der Waals surface area contributed by atoms with Crippen LogP contribution in [0.15, 0.2) is 22.7 Å². The minimum atomic E-state index is -0.378. The molecule has 2 heterocycles. The lowest BCUT2D eigenvalue weighted by molar-refractivity contribution is -0.0728. The molecule has 6 heteroatoms. The van der Waals surface area contributed by atoms with E-state index in [0.29, 0.717) is 16.0 Å². The van der Waals surface area contributed by atoms with Crippen LogP contribution in [0.4, 0.5) is 4.39 Å². The second-order valence-electron chi connectivity index (χ2n) is 7.34. The van der Waals surface area contributed by atoms with E-state index < -0.39 is 0 Å². The zero-order valence-electron chi connectivity index (χ0n) is 14.9. The molecule has 0 bridgehead atoms. The first-order valence-electron chi connectivity index (χ1n) is 9.04. The summed E-state index contributed by atoms with van der Waals surface area (Å²) >= 11 is 3.35. The fourth-order valence-corrected chi connectivity index (χ4v) is 4.37. The van der Waals surface area contributed by atoms with E-state index in [1.54, 1.807) is 6.07 Å². The largest absolute Gasteiger partial charge is 0.373 e. The molecule has 3 rings (SSSR count). The van der Waals surface area contributed by atoms with Crippen molar-refractivity contribution >= 4 is 21.8 Å². The fourth-order valence-electron chi connectivity index (χ4n) is 3.95. The van der Waals surface area contributed by atoms with Crippen LogP contribution in [0, 0.1) is 11.7 Å². The number of carbonyl (C=O) groups is 1. The molecule has 4 nitrogen and oxygen atoms in total. The van der Waals surface area contributed by atoms with Gasteiger partial charge >= 0.3 is 0 Å². The van der Waals surface area contributed by atoms with Crippen molar-refractivity contribution in [3.63, 3.8) is 0 Å². The van der Waals surface area contributed by atoms with Gasteiger partial charge in [0.1, 0.15) is 5.82 Å². The molecule has 2 atom stereocenters.